The minimum absolute atomic E-state index is 0. The third-order valence-electron chi connectivity index (χ3n) is 2.92. The number of nitrogens with one attached hydrogen (secondary N) is 1. The van der Waals surface area contributed by atoms with Crippen molar-refractivity contribution < 1.29 is 13.2 Å². The molecule has 0 amide bonds. The molecule has 3 N–H and O–H groups in total. The van der Waals surface area contributed by atoms with Crippen LogP contribution in [0.5, 0.6) is 5.75 Å². The lowest BCUT2D eigenvalue weighted by Gasteiger charge is -2.07. The number of halogens is 1. The van der Waals surface area contributed by atoms with E-state index in [-0.39, 0.29) is 23.1 Å². The molecule has 0 aliphatic carbocycles. The van der Waals surface area contributed by atoms with Gasteiger partial charge in [0.1, 0.15) is 18.2 Å². The molecular weight excluding hydrogens is 324 g/mol. The van der Waals surface area contributed by atoms with Crippen LogP contribution in [0.3, 0.4) is 0 Å². The van der Waals surface area contributed by atoms with Crippen molar-refractivity contribution in [2.75, 3.05) is 6.26 Å². The van der Waals surface area contributed by atoms with Crippen LogP contribution in [0.4, 0.5) is 0 Å². The lowest BCUT2D eigenvalue weighted by molar-refractivity contribution is 0.306. The van der Waals surface area contributed by atoms with Crippen LogP contribution in [-0.2, 0) is 16.4 Å². The van der Waals surface area contributed by atoms with E-state index in [0.29, 0.717) is 17.9 Å². The highest BCUT2D eigenvalue weighted by atomic mass is 35.5. The van der Waals surface area contributed by atoms with Crippen LogP contribution in [0.25, 0.3) is 0 Å². The zero-order valence-electron chi connectivity index (χ0n) is 11.9. The van der Waals surface area contributed by atoms with Gasteiger partial charge in [-0.05, 0) is 42.0 Å². The minimum atomic E-state index is -3.17. The Hall–Kier alpha value is -2.05. The number of rotatable bonds is 5. The van der Waals surface area contributed by atoms with Gasteiger partial charge in [0.05, 0.1) is 4.90 Å². The van der Waals surface area contributed by atoms with E-state index in [1.807, 2.05) is 0 Å². The van der Waals surface area contributed by atoms with Gasteiger partial charge in [-0.3, -0.25) is 5.41 Å². The second kappa shape index (κ2) is 7.29. The summed E-state index contributed by atoms with van der Waals surface area (Å²) in [6, 6.07) is 13.5. The molecule has 0 atom stereocenters. The molecule has 0 saturated heterocycles. The van der Waals surface area contributed by atoms with Gasteiger partial charge in [-0.25, -0.2) is 8.42 Å². The van der Waals surface area contributed by atoms with E-state index in [2.05, 4.69) is 0 Å². The van der Waals surface area contributed by atoms with Crippen LogP contribution in [0.2, 0.25) is 0 Å². The highest BCUT2D eigenvalue weighted by molar-refractivity contribution is 7.90. The number of hydrogen-bond acceptors (Lipinski definition) is 4. The fourth-order valence-corrected chi connectivity index (χ4v) is 2.36. The topological polar surface area (TPSA) is 93.2 Å². The fourth-order valence-electron chi connectivity index (χ4n) is 1.73. The average molecular weight is 341 g/mol. The Morgan fingerprint density at radius 1 is 1.09 bits per heavy atom. The number of amidine groups is 1. The van der Waals surface area contributed by atoms with Crippen molar-refractivity contribution in [1.82, 2.24) is 0 Å². The normalized spacial score (nSPS) is 10.6. The highest BCUT2D eigenvalue weighted by Crippen LogP contribution is 2.15. The molecule has 2 rings (SSSR count). The van der Waals surface area contributed by atoms with E-state index in [1.54, 1.807) is 48.5 Å². The predicted molar refractivity (Wildman–Crippen MR) is 88.6 cm³/mol. The highest BCUT2D eigenvalue weighted by Gasteiger charge is 2.06. The third kappa shape index (κ3) is 4.75. The molecule has 0 unspecified atom stereocenters. The van der Waals surface area contributed by atoms with Crippen molar-refractivity contribution >= 4 is 28.1 Å². The number of hydrogen-bond donors (Lipinski definition) is 2. The summed E-state index contributed by atoms with van der Waals surface area (Å²) in [6.45, 7) is 0.337. The zero-order chi connectivity index (χ0) is 15.5. The summed E-state index contributed by atoms with van der Waals surface area (Å²) in [5.74, 6) is 0.671. The molecule has 0 radical (unpaired) electrons. The number of sulfone groups is 1. The van der Waals surface area contributed by atoms with Crippen LogP contribution in [0.1, 0.15) is 11.1 Å². The maximum absolute atomic E-state index is 11.4. The first kappa shape index (κ1) is 18.0. The first-order valence-corrected chi connectivity index (χ1v) is 8.11. The first-order chi connectivity index (χ1) is 9.86. The summed E-state index contributed by atoms with van der Waals surface area (Å²) in [6.07, 6.45) is 1.18. The van der Waals surface area contributed by atoms with E-state index in [0.717, 1.165) is 5.56 Å². The molecule has 0 saturated carbocycles. The Labute approximate surface area is 136 Å². The molecule has 0 aliphatic heterocycles. The van der Waals surface area contributed by atoms with Crippen LogP contribution < -0.4 is 10.5 Å². The largest absolute Gasteiger partial charge is 0.489 e. The molecule has 0 bridgehead atoms. The summed E-state index contributed by atoms with van der Waals surface area (Å²) < 4.78 is 28.3. The lowest BCUT2D eigenvalue weighted by Crippen LogP contribution is -2.10. The maximum atomic E-state index is 11.4. The monoisotopic (exact) mass is 340 g/mol. The Kier molecular flexibility index (Phi) is 5.96. The van der Waals surface area contributed by atoms with Crippen molar-refractivity contribution in [3.63, 3.8) is 0 Å². The summed E-state index contributed by atoms with van der Waals surface area (Å²) in [7, 11) is -3.17. The van der Waals surface area contributed by atoms with Gasteiger partial charge in [0.15, 0.2) is 9.84 Å². The molecular formula is C15H17ClN2O3S. The van der Waals surface area contributed by atoms with Gasteiger partial charge in [-0.1, -0.05) is 12.1 Å². The smallest absolute Gasteiger partial charge is 0.175 e. The van der Waals surface area contributed by atoms with Crippen molar-refractivity contribution in [1.29, 1.82) is 5.41 Å². The Morgan fingerprint density at radius 2 is 1.64 bits per heavy atom. The van der Waals surface area contributed by atoms with Gasteiger partial charge in [-0.15, -0.1) is 12.4 Å². The Bertz CT molecular complexity index is 741. The van der Waals surface area contributed by atoms with E-state index < -0.39 is 9.84 Å². The SMILES string of the molecule is CS(=O)(=O)c1ccc(COc2ccc(C(=N)N)cc2)cc1.Cl. The molecule has 118 valence electrons. The lowest BCUT2D eigenvalue weighted by atomic mass is 10.2. The number of ether oxygens (including phenoxy) is 1. The van der Waals surface area contributed by atoms with E-state index >= 15 is 0 Å². The molecule has 0 aromatic heterocycles. The quantitative estimate of drug-likeness (QED) is 0.645. The second-order valence-corrected chi connectivity index (χ2v) is 6.66. The standard InChI is InChI=1S/C15H16N2O3S.ClH/c1-21(18,19)14-8-2-11(3-9-14)10-20-13-6-4-12(5-7-13)15(16)17;/h2-9H,10H2,1H3,(H3,16,17);1H. The molecule has 0 heterocycles. The van der Waals surface area contributed by atoms with Gasteiger partial charge in [0.25, 0.3) is 0 Å². The Morgan fingerprint density at radius 3 is 2.09 bits per heavy atom. The van der Waals surface area contributed by atoms with Gasteiger partial charge in [-0.2, -0.15) is 0 Å². The molecule has 2 aromatic rings. The summed E-state index contributed by atoms with van der Waals surface area (Å²) >= 11 is 0. The predicted octanol–water partition coefficient (Wildman–Crippen LogP) is 2.37. The Balaban J connectivity index is 0.00000242. The molecule has 0 aliphatic rings. The van der Waals surface area contributed by atoms with Crippen LogP contribution >= 0.6 is 12.4 Å². The number of benzene rings is 2. The maximum Gasteiger partial charge on any atom is 0.175 e. The van der Waals surface area contributed by atoms with Gasteiger partial charge in [0.2, 0.25) is 0 Å². The summed E-state index contributed by atoms with van der Waals surface area (Å²) in [4.78, 5) is 0.289. The zero-order valence-corrected chi connectivity index (χ0v) is 13.6. The van der Waals surface area contributed by atoms with E-state index in [1.165, 1.54) is 6.26 Å². The number of nitrogens with two attached hydrogens (primary N) is 1. The minimum Gasteiger partial charge on any atom is -0.489 e. The van der Waals surface area contributed by atoms with Crippen LogP contribution in [0, 0.1) is 5.41 Å². The fraction of sp³-hybridized carbons (Fsp3) is 0.133. The molecule has 7 heteroatoms. The second-order valence-electron chi connectivity index (χ2n) is 4.64. The van der Waals surface area contributed by atoms with E-state index in [9.17, 15) is 8.42 Å². The van der Waals surface area contributed by atoms with Crippen LogP contribution in [-0.4, -0.2) is 20.5 Å². The van der Waals surface area contributed by atoms with Crippen molar-refractivity contribution in [3.05, 3.63) is 59.7 Å². The first-order valence-electron chi connectivity index (χ1n) is 6.22. The third-order valence-corrected chi connectivity index (χ3v) is 4.05. The molecule has 2 aromatic carbocycles. The molecule has 5 nitrogen and oxygen atoms in total. The van der Waals surface area contributed by atoms with Crippen molar-refractivity contribution in [2.45, 2.75) is 11.5 Å². The van der Waals surface area contributed by atoms with Crippen molar-refractivity contribution in [2.24, 2.45) is 5.73 Å². The average Bonchev–Trinajstić information content (AvgIpc) is 2.45. The summed E-state index contributed by atoms with van der Waals surface area (Å²) in [5, 5.41) is 7.30. The molecule has 0 fully saturated rings. The van der Waals surface area contributed by atoms with Gasteiger partial charge < -0.3 is 10.5 Å². The van der Waals surface area contributed by atoms with Crippen molar-refractivity contribution in [3.8, 4) is 5.75 Å². The van der Waals surface area contributed by atoms with Crippen LogP contribution in [0.15, 0.2) is 53.4 Å². The number of nitrogen functional groups attached to an aromatic ring is 1. The van der Waals surface area contributed by atoms with E-state index in [4.69, 9.17) is 15.9 Å². The summed E-state index contributed by atoms with van der Waals surface area (Å²) in [5.41, 5.74) is 6.88. The molecule has 22 heavy (non-hydrogen) atoms. The molecule has 0 spiro atoms. The van der Waals surface area contributed by atoms with Gasteiger partial charge in [0, 0.05) is 11.8 Å². The van der Waals surface area contributed by atoms with Gasteiger partial charge >= 0.3 is 0 Å².